The number of rotatable bonds is 3. The summed E-state index contributed by atoms with van der Waals surface area (Å²) in [7, 11) is 1.85. The van der Waals surface area contributed by atoms with Crippen molar-refractivity contribution in [2.75, 3.05) is 0 Å². The predicted octanol–water partition coefficient (Wildman–Crippen LogP) is 2.74. The van der Waals surface area contributed by atoms with E-state index in [0.717, 1.165) is 5.56 Å². The molecular weight excluding hydrogens is 262 g/mol. The van der Waals surface area contributed by atoms with Crippen molar-refractivity contribution in [2.24, 2.45) is 7.05 Å². The van der Waals surface area contributed by atoms with Crippen LogP contribution in [0.1, 0.15) is 29.8 Å². The highest BCUT2D eigenvalue weighted by Crippen LogP contribution is 2.20. The molecule has 4 nitrogen and oxygen atoms in total. The average Bonchev–Trinajstić information content (AvgIpc) is 2.77. The topological polar surface area (TPSA) is 46.9 Å². The molecule has 0 fully saturated rings. The highest BCUT2D eigenvalue weighted by molar-refractivity contribution is 6.30. The minimum Gasteiger partial charge on any atom is -0.343 e. The normalized spacial score (nSPS) is 11.4. The van der Waals surface area contributed by atoms with E-state index in [1.54, 1.807) is 35.1 Å². The third-order valence-corrected chi connectivity index (χ3v) is 3.21. The second kappa shape index (κ2) is 5.05. The highest BCUT2D eigenvalue weighted by Gasteiger charge is 2.24. The molecule has 1 heterocycles. The molecule has 0 aliphatic rings. The van der Waals surface area contributed by atoms with Gasteiger partial charge in [0.1, 0.15) is 0 Å². The maximum atomic E-state index is 12.2. The molecular formula is C14H16ClN3O. The molecule has 0 aliphatic carbocycles. The molecule has 100 valence electrons. The summed E-state index contributed by atoms with van der Waals surface area (Å²) in [6.45, 7) is 3.88. The SMILES string of the molecule is Cn1cc(C(C)(C)NC(=O)c2ccc(Cl)cc2)cn1. The van der Waals surface area contributed by atoms with Gasteiger partial charge in [-0.15, -0.1) is 0 Å². The Balaban J connectivity index is 2.16. The fraction of sp³-hybridized carbons (Fsp3) is 0.286. The van der Waals surface area contributed by atoms with Crippen molar-refractivity contribution in [3.8, 4) is 0 Å². The minimum absolute atomic E-state index is 0.134. The van der Waals surface area contributed by atoms with E-state index in [1.165, 1.54) is 0 Å². The first kappa shape index (κ1) is 13.6. The van der Waals surface area contributed by atoms with Gasteiger partial charge in [-0.1, -0.05) is 11.6 Å². The number of benzene rings is 1. The summed E-state index contributed by atoms with van der Waals surface area (Å²) in [4.78, 5) is 12.2. The largest absolute Gasteiger partial charge is 0.343 e. The molecule has 19 heavy (non-hydrogen) atoms. The highest BCUT2D eigenvalue weighted by atomic mass is 35.5. The van der Waals surface area contributed by atoms with Crippen LogP contribution in [0, 0.1) is 0 Å². The summed E-state index contributed by atoms with van der Waals surface area (Å²) in [5, 5.41) is 7.72. The van der Waals surface area contributed by atoms with Crippen LogP contribution in [0.3, 0.4) is 0 Å². The molecule has 0 saturated carbocycles. The van der Waals surface area contributed by atoms with Crippen LogP contribution in [0.4, 0.5) is 0 Å². The van der Waals surface area contributed by atoms with Crippen LogP contribution in [0.5, 0.6) is 0 Å². The summed E-state index contributed by atoms with van der Waals surface area (Å²) in [6.07, 6.45) is 3.64. The number of carbonyl (C=O) groups excluding carboxylic acids is 1. The lowest BCUT2D eigenvalue weighted by Crippen LogP contribution is -2.40. The van der Waals surface area contributed by atoms with E-state index in [0.29, 0.717) is 10.6 Å². The number of hydrogen-bond acceptors (Lipinski definition) is 2. The lowest BCUT2D eigenvalue weighted by molar-refractivity contribution is 0.0912. The molecule has 5 heteroatoms. The van der Waals surface area contributed by atoms with Crippen LogP contribution >= 0.6 is 11.6 Å². The number of amides is 1. The molecule has 2 aromatic rings. The lowest BCUT2D eigenvalue weighted by Gasteiger charge is -2.25. The van der Waals surface area contributed by atoms with E-state index in [9.17, 15) is 4.79 Å². The Morgan fingerprint density at radius 1 is 1.32 bits per heavy atom. The number of nitrogens with one attached hydrogen (secondary N) is 1. The summed E-state index contributed by atoms with van der Waals surface area (Å²) in [5.41, 5.74) is 1.06. The Bertz CT molecular complexity index is 587. The van der Waals surface area contributed by atoms with E-state index in [1.807, 2.05) is 27.1 Å². The fourth-order valence-electron chi connectivity index (χ4n) is 1.77. The Kier molecular flexibility index (Phi) is 3.62. The molecule has 0 radical (unpaired) electrons. The second-order valence-electron chi connectivity index (χ2n) is 4.99. The molecule has 1 aromatic carbocycles. The average molecular weight is 278 g/mol. The van der Waals surface area contributed by atoms with Gasteiger partial charge in [0.25, 0.3) is 5.91 Å². The minimum atomic E-state index is -0.481. The Morgan fingerprint density at radius 2 is 1.95 bits per heavy atom. The molecule has 1 amide bonds. The van der Waals surface area contributed by atoms with Crippen LogP contribution < -0.4 is 5.32 Å². The van der Waals surface area contributed by atoms with Crippen LogP contribution in [0.25, 0.3) is 0 Å². The Labute approximate surface area is 117 Å². The Hall–Kier alpha value is -1.81. The van der Waals surface area contributed by atoms with Gasteiger partial charge in [-0.3, -0.25) is 9.48 Å². The van der Waals surface area contributed by atoms with Gasteiger partial charge in [0.2, 0.25) is 0 Å². The molecule has 0 spiro atoms. The van der Waals surface area contributed by atoms with E-state index in [2.05, 4.69) is 10.4 Å². The molecule has 1 aromatic heterocycles. The van der Waals surface area contributed by atoms with Gasteiger partial charge >= 0.3 is 0 Å². The lowest BCUT2D eigenvalue weighted by atomic mass is 9.97. The van der Waals surface area contributed by atoms with Crippen molar-refractivity contribution >= 4 is 17.5 Å². The fourth-order valence-corrected chi connectivity index (χ4v) is 1.90. The first-order valence-corrected chi connectivity index (χ1v) is 6.33. The van der Waals surface area contributed by atoms with Crippen molar-refractivity contribution < 1.29 is 4.79 Å². The summed E-state index contributed by atoms with van der Waals surface area (Å²) in [5.74, 6) is -0.134. The maximum Gasteiger partial charge on any atom is 0.251 e. The molecule has 0 unspecified atom stereocenters. The Morgan fingerprint density at radius 3 is 2.47 bits per heavy atom. The van der Waals surface area contributed by atoms with Gasteiger partial charge in [0.15, 0.2) is 0 Å². The quantitative estimate of drug-likeness (QED) is 0.938. The predicted molar refractivity (Wildman–Crippen MR) is 75.2 cm³/mol. The molecule has 1 N–H and O–H groups in total. The van der Waals surface area contributed by atoms with E-state index >= 15 is 0 Å². The zero-order chi connectivity index (χ0) is 14.0. The summed E-state index contributed by atoms with van der Waals surface area (Å²) >= 11 is 5.81. The first-order chi connectivity index (χ1) is 8.88. The van der Waals surface area contributed by atoms with E-state index in [4.69, 9.17) is 11.6 Å². The number of nitrogens with zero attached hydrogens (tertiary/aromatic N) is 2. The van der Waals surface area contributed by atoms with Gasteiger partial charge in [-0.25, -0.2) is 0 Å². The zero-order valence-electron chi connectivity index (χ0n) is 11.1. The van der Waals surface area contributed by atoms with E-state index in [-0.39, 0.29) is 5.91 Å². The van der Waals surface area contributed by atoms with Gasteiger partial charge in [-0.05, 0) is 38.1 Å². The maximum absolute atomic E-state index is 12.2. The second-order valence-corrected chi connectivity index (χ2v) is 5.43. The number of aryl methyl sites for hydroxylation is 1. The van der Waals surface area contributed by atoms with Gasteiger partial charge in [-0.2, -0.15) is 5.10 Å². The zero-order valence-corrected chi connectivity index (χ0v) is 11.9. The standard InChI is InChI=1S/C14H16ClN3O/c1-14(2,11-8-16-18(3)9-11)17-13(19)10-4-6-12(15)7-5-10/h4-9H,1-3H3,(H,17,19). The molecule has 0 aliphatic heterocycles. The van der Waals surface area contributed by atoms with Crippen LogP contribution in [0.2, 0.25) is 5.02 Å². The number of halogens is 1. The van der Waals surface area contributed by atoms with Crippen LogP contribution in [-0.4, -0.2) is 15.7 Å². The van der Waals surface area contributed by atoms with Gasteiger partial charge in [0, 0.05) is 29.4 Å². The third kappa shape index (κ3) is 3.15. The van der Waals surface area contributed by atoms with Crippen molar-refractivity contribution in [3.05, 3.63) is 52.8 Å². The van der Waals surface area contributed by atoms with Gasteiger partial charge in [0.05, 0.1) is 11.7 Å². The summed E-state index contributed by atoms with van der Waals surface area (Å²) < 4.78 is 1.71. The molecule has 2 rings (SSSR count). The molecule has 0 bridgehead atoms. The summed E-state index contributed by atoms with van der Waals surface area (Å²) in [6, 6.07) is 6.81. The molecule has 0 saturated heterocycles. The first-order valence-electron chi connectivity index (χ1n) is 5.96. The van der Waals surface area contributed by atoms with Crippen molar-refractivity contribution in [1.82, 2.24) is 15.1 Å². The van der Waals surface area contributed by atoms with Crippen molar-refractivity contribution in [2.45, 2.75) is 19.4 Å². The van der Waals surface area contributed by atoms with Crippen LogP contribution in [-0.2, 0) is 12.6 Å². The molecule has 0 atom stereocenters. The number of aromatic nitrogens is 2. The van der Waals surface area contributed by atoms with Crippen molar-refractivity contribution in [3.63, 3.8) is 0 Å². The third-order valence-electron chi connectivity index (χ3n) is 2.96. The van der Waals surface area contributed by atoms with Crippen molar-refractivity contribution in [1.29, 1.82) is 0 Å². The van der Waals surface area contributed by atoms with Gasteiger partial charge < -0.3 is 5.32 Å². The number of carbonyl (C=O) groups is 1. The number of hydrogen-bond donors (Lipinski definition) is 1. The van der Waals surface area contributed by atoms with Crippen LogP contribution in [0.15, 0.2) is 36.7 Å². The smallest absolute Gasteiger partial charge is 0.251 e. The monoisotopic (exact) mass is 277 g/mol. The van der Waals surface area contributed by atoms with E-state index < -0.39 is 5.54 Å².